The smallest absolute Gasteiger partial charge is 0.309 e. The lowest BCUT2D eigenvalue weighted by molar-refractivity contribution is -0.175. The zero-order valence-corrected chi connectivity index (χ0v) is 19.8. The number of fused-ring (bicyclic) bond motifs is 4. The lowest BCUT2D eigenvalue weighted by Gasteiger charge is -2.63. The molecule has 0 aromatic heterocycles. The summed E-state index contributed by atoms with van der Waals surface area (Å²) in [4.78, 5) is 28.1. The molecule has 3 aliphatic carbocycles. The molecule has 2 saturated carbocycles. The van der Waals surface area contributed by atoms with Gasteiger partial charge in [0, 0.05) is 24.1 Å². The van der Waals surface area contributed by atoms with E-state index in [9.17, 15) is 14.7 Å². The molecule has 0 saturated heterocycles. The molecule has 4 nitrogen and oxygen atoms in total. The van der Waals surface area contributed by atoms with Crippen molar-refractivity contribution in [1.82, 2.24) is 4.90 Å². The molecule has 32 heavy (non-hydrogen) atoms. The molecule has 2 fully saturated rings. The van der Waals surface area contributed by atoms with Gasteiger partial charge >= 0.3 is 5.97 Å². The monoisotopic (exact) mass is 435 g/mol. The lowest BCUT2D eigenvalue weighted by Crippen LogP contribution is -2.59. The molecule has 1 aromatic rings. The van der Waals surface area contributed by atoms with Crippen molar-refractivity contribution in [2.45, 2.75) is 72.1 Å². The topological polar surface area (TPSA) is 57.6 Å². The van der Waals surface area contributed by atoms with Gasteiger partial charge in [-0.05, 0) is 80.3 Å². The normalized spacial score (nSPS) is 38.8. The van der Waals surface area contributed by atoms with E-state index in [2.05, 4.69) is 43.0 Å². The van der Waals surface area contributed by atoms with E-state index >= 15 is 0 Å². The summed E-state index contributed by atoms with van der Waals surface area (Å²) in [6.07, 6.45) is 7.70. The molecular formula is C28H37NO3. The van der Waals surface area contributed by atoms with Crippen molar-refractivity contribution >= 4 is 11.9 Å². The number of hydrogen-bond acceptors (Lipinski definition) is 2. The zero-order valence-electron chi connectivity index (χ0n) is 19.8. The van der Waals surface area contributed by atoms with E-state index < -0.39 is 11.4 Å². The third kappa shape index (κ3) is 3.01. The van der Waals surface area contributed by atoms with Crippen LogP contribution in [-0.4, -0.2) is 35.0 Å². The molecule has 1 amide bonds. The van der Waals surface area contributed by atoms with Crippen LogP contribution in [0.2, 0.25) is 0 Å². The highest BCUT2D eigenvalue weighted by molar-refractivity contribution is 5.98. The fourth-order valence-corrected chi connectivity index (χ4v) is 8.48. The van der Waals surface area contributed by atoms with Gasteiger partial charge in [0.2, 0.25) is 0 Å². The fourth-order valence-electron chi connectivity index (χ4n) is 8.48. The highest BCUT2D eigenvalue weighted by Crippen LogP contribution is 2.69. The van der Waals surface area contributed by atoms with Gasteiger partial charge in [0.25, 0.3) is 5.91 Å². The van der Waals surface area contributed by atoms with Crippen molar-refractivity contribution in [2.24, 2.45) is 28.1 Å². The minimum atomic E-state index is -0.635. The van der Waals surface area contributed by atoms with E-state index in [1.807, 2.05) is 13.0 Å². The number of hydrogen-bond donors (Lipinski definition) is 1. The van der Waals surface area contributed by atoms with E-state index in [0.717, 1.165) is 70.0 Å². The number of carboxylic acids is 1. The van der Waals surface area contributed by atoms with Crippen LogP contribution in [0.3, 0.4) is 0 Å². The van der Waals surface area contributed by atoms with E-state index in [0.29, 0.717) is 5.92 Å². The third-order valence-electron chi connectivity index (χ3n) is 10.0. The van der Waals surface area contributed by atoms with Gasteiger partial charge in [-0.2, -0.15) is 0 Å². The quantitative estimate of drug-likeness (QED) is 0.682. The van der Waals surface area contributed by atoms with Crippen LogP contribution < -0.4 is 0 Å². The molecule has 0 spiro atoms. The van der Waals surface area contributed by atoms with Gasteiger partial charge in [0.05, 0.1) is 5.41 Å². The number of carboxylic acid groups (broad SMARTS) is 1. The maximum absolute atomic E-state index is 13.7. The number of amides is 1. The van der Waals surface area contributed by atoms with Gasteiger partial charge in [-0.15, -0.1) is 0 Å². The fraction of sp³-hybridized carbons (Fsp3) is 0.643. The van der Waals surface area contributed by atoms with Gasteiger partial charge in [0.1, 0.15) is 0 Å². The minimum Gasteiger partial charge on any atom is -0.481 e. The second-order valence-corrected chi connectivity index (χ2v) is 11.6. The second kappa shape index (κ2) is 7.46. The summed E-state index contributed by atoms with van der Waals surface area (Å²) >= 11 is 0. The van der Waals surface area contributed by atoms with Crippen LogP contribution in [0, 0.1) is 28.1 Å². The van der Waals surface area contributed by atoms with E-state index in [-0.39, 0.29) is 22.7 Å². The number of benzene rings is 1. The Hall–Kier alpha value is -2.10. The molecule has 172 valence electrons. The van der Waals surface area contributed by atoms with Crippen LogP contribution in [0.5, 0.6) is 0 Å². The summed E-state index contributed by atoms with van der Waals surface area (Å²) in [6.45, 7) is 8.24. The van der Waals surface area contributed by atoms with Crippen LogP contribution in [0.15, 0.2) is 41.5 Å². The summed E-state index contributed by atoms with van der Waals surface area (Å²) in [6, 6.07) is 10.4. The van der Waals surface area contributed by atoms with Crippen LogP contribution >= 0.6 is 0 Å². The Kier molecular flexibility index (Phi) is 5.07. The van der Waals surface area contributed by atoms with Crippen molar-refractivity contribution in [3.05, 3.63) is 47.0 Å². The molecule has 0 bridgehead atoms. The van der Waals surface area contributed by atoms with Crippen molar-refractivity contribution in [1.29, 1.82) is 0 Å². The van der Waals surface area contributed by atoms with Crippen LogP contribution in [0.25, 0.3) is 0 Å². The Morgan fingerprint density at radius 3 is 2.53 bits per heavy atom. The molecule has 1 aliphatic heterocycles. The largest absolute Gasteiger partial charge is 0.481 e. The molecule has 4 heteroatoms. The minimum absolute atomic E-state index is 0.00530. The molecule has 1 N–H and O–H groups in total. The van der Waals surface area contributed by atoms with Gasteiger partial charge < -0.3 is 10.0 Å². The summed E-state index contributed by atoms with van der Waals surface area (Å²) in [5.74, 6) is 0.218. The number of carbonyl (C=O) groups excluding carboxylic acids is 1. The van der Waals surface area contributed by atoms with Crippen molar-refractivity contribution in [3.8, 4) is 0 Å². The average molecular weight is 436 g/mol. The number of rotatable bonds is 4. The first-order chi connectivity index (χ1) is 15.2. The second-order valence-electron chi connectivity index (χ2n) is 11.6. The predicted molar refractivity (Wildman–Crippen MR) is 125 cm³/mol. The zero-order chi connectivity index (χ0) is 22.7. The van der Waals surface area contributed by atoms with Gasteiger partial charge in [-0.25, -0.2) is 0 Å². The Balaban J connectivity index is 1.41. The van der Waals surface area contributed by atoms with Gasteiger partial charge in [0.15, 0.2) is 0 Å². The molecule has 4 aliphatic rings. The Labute approximate surface area is 192 Å². The average Bonchev–Trinajstić information content (AvgIpc) is 3.09. The van der Waals surface area contributed by atoms with E-state index in [1.165, 1.54) is 11.1 Å². The predicted octanol–water partition coefficient (Wildman–Crippen LogP) is 5.48. The number of aliphatic carboxylic acids is 1. The van der Waals surface area contributed by atoms with Gasteiger partial charge in [-0.1, -0.05) is 50.6 Å². The Bertz CT molecular complexity index is 968. The SMILES string of the molecule is CC1(C(=O)O)CCCC2(C)C1CCC1(C)C3=C(CCC12)CN(CCc1ccccc1)C3=O. The number of nitrogens with zero attached hydrogens (tertiary/aromatic N) is 1. The first-order valence-electron chi connectivity index (χ1n) is 12.5. The molecule has 5 rings (SSSR count). The van der Waals surface area contributed by atoms with E-state index in [4.69, 9.17) is 0 Å². The van der Waals surface area contributed by atoms with E-state index in [1.54, 1.807) is 0 Å². The van der Waals surface area contributed by atoms with Gasteiger partial charge in [-0.3, -0.25) is 9.59 Å². The summed E-state index contributed by atoms with van der Waals surface area (Å²) in [5, 5.41) is 10.1. The molecule has 1 heterocycles. The molecule has 5 unspecified atom stereocenters. The van der Waals surface area contributed by atoms with Crippen molar-refractivity contribution in [2.75, 3.05) is 13.1 Å². The van der Waals surface area contributed by atoms with Crippen LogP contribution in [-0.2, 0) is 16.0 Å². The summed E-state index contributed by atoms with van der Waals surface area (Å²) in [7, 11) is 0. The first kappa shape index (κ1) is 21.7. The number of carbonyl (C=O) groups is 2. The summed E-state index contributed by atoms with van der Waals surface area (Å²) < 4.78 is 0. The van der Waals surface area contributed by atoms with Crippen molar-refractivity contribution < 1.29 is 14.7 Å². The molecule has 5 atom stereocenters. The maximum Gasteiger partial charge on any atom is 0.309 e. The highest BCUT2D eigenvalue weighted by Gasteiger charge is 2.64. The van der Waals surface area contributed by atoms with Crippen molar-refractivity contribution in [3.63, 3.8) is 0 Å². The highest BCUT2D eigenvalue weighted by atomic mass is 16.4. The lowest BCUT2D eigenvalue weighted by atomic mass is 9.40. The van der Waals surface area contributed by atoms with Crippen LogP contribution in [0.1, 0.15) is 71.3 Å². The first-order valence-corrected chi connectivity index (χ1v) is 12.5. The molecule has 0 radical (unpaired) electrons. The summed E-state index contributed by atoms with van der Waals surface area (Å²) in [5.41, 5.74) is 2.98. The van der Waals surface area contributed by atoms with Crippen LogP contribution in [0.4, 0.5) is 0 Å². The Morgan fingerprint density at radius 1 is 1.06 bits per heavy atom. The standard InChI is InChI=1S/C28H37NO3/c1-26-14-7-15-28(3,25(31)32)22(26)12-16-27(2)21(26)11-10-20-18-29(24(30)23(20)27)17-13-19-8-5-4-6-9-19/h4-6,8-9,21-22H,7,10-18H2,1-3H3,(H,31,32). The molecule has 1 aromatic carbocycles. The maximum atomic E-state index is 13.7. The third-order valence-corrected chi connectivity index (χ3v) is 10.0. The molecular weight excluding hydrogens is 398 g/mol. The Morgan fingerprint density at radius 2 is 1.81 bits per heavy atom.